The van der Waals surface area contributed by atoms with Crippen molar-refractivity contribution < 1.29 is 19.7 Å². The molecule has 1 aromatic rings. The molecular weight excluding hydrogens is 270 g/mol. The van der Waals surface area contributed by atoms with Crippen molar-refractivity contribution in [2.45, 2.75) is 12.7 Å². The maximum atomic E-state index is 11.4. The van der Waals surface area contributed by atoms with E-state index in [1.54, 1.807) is 6.08 Å². The number of carboxylic acids is 1. The number of ether oxygens (including phenoxy) is 1. The summed E-state index contributed by atoms with van der Waals surface area (Å²) in [5.74, 6) is -1.11. The number of aliphatic hydroxyl groups excluding tert-OH is 1. The van der Waals surface area contributed by atoms with Crippen molar-refractivity contribution in [2.75, 3.05) is 6.54 Å². The predicted molar refractivity (Wildman–Crippen MR) is 77.9 cm³/mol. The highest BCUT2D eigenvalue weighted by Crippen LogP contribution is 2.23. The van der Waals surface area contributed by atoms with Gasteiger partial charge >= 0.3 is 5.97 Å². The summed E-state index contributed by atoms with van der Waals surface area (Å²) >= 11 is 0. The van der Waals surface area contributed by atoms with Gasteiger partial charge in [0.15, 0.2) is 11.5 Å². The van der Waals surface area contributed by atoms with Crippen LogP contribution in [0.3, 0.4) is 0 Å². The smallest absolute Gasteiger partial charge is 0.356 e. The third-order valence-electron chi connectivity index (χ3n) is 3.00. The van der Waals surface area contributed by atoms with E-state index >= 15 is 0 Å². The Bertz CT molecular complexity index is 577. The highest BCUT2D eigenvalue weighted by molar-refractivity contribution is 5.87. The van der Waals surface area contributed by atoms with E-state index in [-0.39, 0.29) is 18.1 Å². The Labute approximate surface area is 123 Å². The molecule has 0 fully saturated rings. The van der Waals surface area contributed by atoms with Crippen molar-refractivity contribution in [3.63, 3.8) is 0 Å². The van der Waals surface area contributed by atoms with Crippen LogP contribution in [0, 0.1) is 0 Å². The molecule has 0 aliphatic carbocycles. The van der Waals surface area contributed by atoms with E-state index in [2.05, 4.69) is 6.58 Å². The first-order valence-corrected chi connectivity index (χ1v) is 6.51. The zero-order chi connectivity index (χ0) is 15.2. The first kappa shape index (κ1) is 14.9. The van der Waals surface area contributed by atoms with Crippen LogP contribution in [-0.2, 0) is 16.1 Å². The number of carboxylic acid groups (broad SMARTS) is 1. The van der Waals surface area contributed by atoms with Gasteiger partial charge < -0.3 is 19.8 Å². The second kappa shape index (κ2) is 6.76. The van der Waals surface area contributed by atoms with E-state index in [1.807, 2.05) is 30.3 Å². The van der Waals surface area contributed by atoms with Crippen LogP contribution in [0.5, 0.6) is 0 Å². The Balaban J connectivity index is 2.24. The highest BCUT2D eigenvalue weighted by atomic mass is 16.5. The first-order chi connectivity index (χ1) is 10.1. The second-order valence-electron chi connectivity index (χ2n) is 4.52. The lowest BCUT2D eigenvalue weighted by Gasteiger charge is -2.28. The zero-order valence-electron chi connectivity index (χ0n) is 11.5. The van der Waals surface area contributed by atoms with E-state index < -0.39 is 12.1 Å². The molecule has 5 heteroatoms. The van der Waals surface area contributed by atoms with E-state index in [9.17, 15) is 15.0 Å². The number of aliphatic hydroxyl groups is 1. The number of nitrogens with zero attached hydrogens (tertiary/aromatic N) is 1. The average Bonchev–Trinajstić information content (AvgIpc) is 2.48. The molecule has 0 aromatic heterocycles. The van der Waals surface area contributed by atoms with Crippen LogP contribution in [0.4, 0.5) is 0 Å². The lowest BCUT2D eigenvalue weighted by Crippen LogP contribution is -2.32. The van der Waals surface area contributed by atoms with Gasteiger partial charge in [0.1, 0.15) is 12.7 Å². The molecule has 1 unspecified atom stereocenters. The topological polar surface area (TPSA) is 70.0 Å². The number of aliphatic carboxylic acids is 1. The molecule has 1 heterocycles. The minimum absolute atomic E-state index is 0.0377. The number of benzene rings is 1. The van der Waals surface area contributed by atoms with Crippen molar-refractivity contribution in [1.82, 2.24) is 4.90 Å². The van der Waals surface area contributed by atoms with Crippen molar-refractivity contribution in [3.05, 3.63) is 72.3 Å². The maximum absolute atomic E-state index is 11.4. The molecule has 0 saturated heterocycles. The van der Waals surface area contributed by atoms with Gasteiger partial charge in [-0.3, -0.25) is 0 Å². The number of hydrogen-bond acceptors (Lipinski definition) is 4. The van der Waals surface area contributed by atoms with Gasteiger partial charge in [-0.1, -0.05) is 36.4 Å². The molecule has 1 aromatic carbocycles. The average molecular weight is 287 g/mol. The maximum Gasteiger partial charge on any atom is 0.356 e. The summed E-state index contributed by atoms with van der Waals surface area (Å²) < 4.78 is 5.55. The molecular formula is C16H17NO4. The van der Waals surface area contributed by atoms with Crippen molar-refractivity contribution in [1.29, 1.82) is 0 Å². The monoisotopic (exact) mass is 287 g/mol. The summed E-state index contributed by atoms with van der Waals surface area (Å²) in [5.41, 5.74) is 0.826. The van der Waals surface area contributed by atoms with Crippen molar-refractivity contribution in [2.24, 2.45) is 0 Å². The Kier molecular flexibility index (Phi) is 4.79. The molecule has 2 rings (SSSR count). The standard InChI is InChI=1S/C16H17NO4/c1-2-9-17-10-8-13(18)15(14(17)16(19)20)21-11-12-6-4-3-5-7-12/h2-8,10,13,18H,1,9,11H2,(H,19,20). The Morgan fingerprint density at radius 1 is 1.38 bits per heavy atom. The summed E-state index contributed by atoms with van der Waals surface area (Å²) in [6.45, 7) is 4.11. The Morgan fingerprint density at radius 3 is 2.71 bits per heavy atom. The summed E-state index contributed by atoms with van der Waals surface area (Å²) in [7, 11) is 0. The summed E-state index contributed by atoms with van der Waals surface area (Å²) in [4.78, 5) is 12.9. The van der Waals surface area contributed by atoms with Crippen LogP contribution in [0.15, 0.2) is 66.7 Å². The molecule has 2 N–H and O–H groups in total. The first-order valence-electron chi connectivity index (χ1n) is 6.51. The lowest BCUT2D eigenvalue weighted by atomic mass is 10.1. The van der Waals surface area contributed by atoms with Crippen LogP contribution in [0.25, 0.3) is 0 Å². The molecule has 1 atom stereocenters. The molecule has 21 heavy (non-hydrogen) atoms. The number of hydrogen-bond donors (Lipinski definition) is 2. The largest absolute Gasteiger partial charge is 0.488 e. The molecule has 5 nitrogen and oxygen atoms in total. The molecule has 0 saturated carbocycles. The van der Waals surface area contributed by atoms with Gasteiger partial charge in [-0.25, -0.2) is 4.79 Å². The fraction of sp³-hybridized carbons (Fsp3) is 0.188. The third-order valence-corrected chi connectivity index (χ3v) is 3.00. The SMILES string of the molecule is C=CCN1C=CC(O)C(OCc2ccccc2)=C1C(=O)O. The molecule has 0 amide bonds. The highest BCUT2D eigenvalue weighted by Gasteiger charge is 2.28. The fourth-order valence-corrected chi connectivity index (χ4v) is 2.04. The van der Waals surface area contributed by atoms with Gasteiger partial charge in [0.25, 0.3) is 0 Å². The Hall–Kier alpha value is -2.53. The van der Waals surface area contributed by atoms with E-state index in [4.69, 9.17) is 4.74 Å². The van der Waals surface area contributed by atoms with Crippen LogP contribution in [0.2, 0.25) is 0 Å². The van der Waals surface area contributed by atoms with Gasteiger partial charge in [-0.2, -0.15) is 0 Å². The minimum atomic E-state index is -1.15. The fourth-order valence-electron chi connectivity index (χ4n) is 2.04. The molecule has 0 radical (unpaired) electrons. The van der Waals surface area contributed by atoms with Gasteiger partial charge in [-0.05, 0) is 11.6 Å². The number of carbonyl (C=O) groups is 1. The van der Waals surface area contributed by atoms with Crippen LogP contribution in [-0.4, -0.2) is 33.7 Å². The van der Waals surface area contributed by atoms with Gasteiger partial charge in [-0.15, -0.1) is 6.58 Å². The zero-order valence-corrected chi connectivity index (χ0v) is 11.5. The van der Waals surface area contributed by atoms with Crippen LogP contribution in [0.1, 0.15) is 5.56 Å². The minimum Gasteiger partial charge on any atom is -0.488 e. The van der Waals surface area contributed by atoms with Crippen molar-refractivity contribution >= 4 is 5.97 Å². The normalized spacial score (nSPS) is 17.8. The molecule has 1 aliphatic rings. The quantitative estimate of drug-likeness (QED) is 0.782. The van der Waals surface area contributed by atoms with E-state index in [0.717, 1.165) is 5.56 Å². The lowest BCUT2D eigenvalue weighted by molar-refractivity contribution is -0.134. The van der Waals surface area contributed by atoms with E-state index in [0.29, 0.717) is 6.54 Å². The van der Waals surface area contributed by atoms with Crippen LogP contribution < -0.4 is 0 Å². The molecule has 0 bridgehead atoms. The third kappa shape index (κ3) is 3.52. The molecule has 1 aliphatic heterocycles. The van der Waals surface area contributed by atoms with E-state index in [1.165, 1.54) is 17.2 Å². The van der Waals surface area contributed by atoms with Gasteiger partial charge in [0.2, 0.25) is 0 Å². The van der Waals surface area contributed by atoms with Crippen LogP contribution >= 0.6 is 0 Å². The molecule has 0 spiro atoms. The Morgan fingerprint density at radius 2 is 2.10 bits per heavy atom. The van der Waals surface area contributed by atoms with Gasteiger partial charge in [0.05, 0.1) is 0 Å². The van der Waals surface area contributed by atoms with Gasteiger partial charge in [0, 0.05) is 12.7 Å². The summed E-state index contributed by atoms with van der Waals surface area (Å²) in [6.07, 6.45) is 3.52. The second-order valence-corrected chi connectivity index (χ2v) is 4.52. The number of rotatable bonds is 6. The van der Waals surface area contributed by atoms with Crippen molar-refractivity contribution in [3.8, 4) is 0 Å². The predicted octanol–water partition coefficient (Wildman–Crippen LogP) is 1.88. The summed E-state index contributed by atoms with van der Waals surface area (Å²) in [6, 6.07) is 9.36. The molecule has 110 valence electrons. The summed E-state index contributed by atoms with van der Waals surface area (Å²) in [5, 5.41) is 19.3.